The molecule has 7 heavy (non-hydrogen) atoms. The summed E-state index contributed by atoms with van der Waals surface area (Å²) in [6.07, 6.45) is 3.43. The van der Waals surface area contributed by atoms with Gasteiger partial charge < -0.3 is 10.7 Å². The second kappa shape index (κ2) is 5.63. The van der Waals surface area contributed by atoms with Crippen molar-refractivity contribution in [1.29, 1.82) is 5.41 Å². The molecule has 0 rings (SSSR count). The topological polar surface area (TPSA) is 35.9 Å². The van der Waals surface area contributed by atoms with Crippen molar-refractivity contribution in [2.24, 2.45) is 0 Å². The van der Waals surface area contributed by atoms with Gasteiger partial charge in [-0.1, -0.05) is 0 Å². The normalized spacial score (nSPS) is 8.71. The molecule has 0 fully saturated rings. The molecule has 0 amide bonds. The van der Waals surface area contributed by atoms with Crippen LogP contribution in [0.1, 0.15) is 12.8 Å². The molecule has 0 heterocycles. The highest BCUT2D eigenvalue weighted by Gasteiger charge is 1.76. The molecule has 0 radical (unpaired) electrons. The molecule has 0 atom stereocenters. The van der Waals surface area contributed by atoms with E-state index in [4.69, 9.17) is 5.41 Å². The zero-order valence-corrected chi connectivity index (χ0v) is 4.70. The lowest BCUT2D eigenvalue weighted by atomic mass is 10.3. The lowest BCUT2D eigenvalue weighted by molar-refractivity contribution is 0.749. The standard InChI is InChI=1S/C5H12N2/c1-7-5-3-2-4-6/h4,6-7H,2-3,5H2,1H3. The average Bonchev–Trinajstić information content (AvgIpc) is 1.69. The first kappa shape index (κ1) is 6.63. The molecule has 0 bridgehead atoms. The largest absolute Gasteiger partial charge is 0.320 e. The van der Waals surface area contributed by atoms with Crippen molar-refractivity contribution < 1.29 is 0 Å². The van der Waals surface area contributed by atoms with Crippen molar-refractivity contribution in [3.05, 3.63) is 0 Å². The molecule has 0 spiro atoms. The molecule has 0 aliphatic heterocycles. The van der Waals surface area contributed by atoms with Gasteiger partial charge in [0, 0.05) is 0 Å². The number of unbranched alkanes of at least 4 members (excludes halogenated alkanes) is 1. The van der Waals surface area contributed by atoms with Gasteiger partial charge in [0.25, 0.3) is 0 Å². The summed E-state index contributed by atoms with van der Waals surface area (Å²) in [7, 11) is 1.92. The molecule has 42 valence electrons. The fraction of sp³-hybridized carbons (Fsp3) is 0.800. The predicted octanol–water partition coefficient (Wildman–Crippen LogP) is 0.636. The number of rotatable bonds is 4. The van der Waals surface area contributed by atoms with Crippen molar-refractivity contribution in [3.8, 4) is 0 Å². The van der Waals surface area contributed by atoms with E-state index >= 15 is 0 Å². The summed E-state index contributed by atoms with van der Waals surface area (Å²) in [5, 5.41) is 9.63. The summed E-state index contributed by atoms with van der Waals surface area (Å²) in [4.78, 5) is 0. The lowest BCUT2D eigenvalue weighted by Gasteiger charge is -1.90. The van der Waals surface area contributed by atoms with Crippen LogP contribution in [0.25, 0.3) is 0 Å². The SMILES string of the molecule is CNCCCC=N. The van der Waals surface area contributed by atoms with Crippen LogP contribution in [0.5, 0.6) is 0 Å². The zero-order valence-electron chi connectivity index (χ0n) is 4.70. The van der Waals surface area contributed by atoms with E-state index in [-0.39, 0.29) is 0 Å². The van der Waals surface area contributed by atoms with Gasteiger partial charge in [0.2, 0.25) is 0 Å². The van der Waals surface area contributed by atoms with Crippen LogP contribution >= 0.6 is 0 Å². The van der Waals surface area contributed by atoms with Crippen LogP contribution in [0, 0.1) is 5.41 Å². The van der Waals surface area contributed by atoms with Gasteiger partial charge >= 0.3 is 0 Å². The maximum absolute atomic E-state index is 6.63. The maximum Gasteiger partial charge on any atom is -0.00473 e. The van der Waals surface area contributed by atoms with Crippen LogP contribution in [-0.4, -0.2) is 19.8 Å². The van der Waals surface area contributed by atoms with Gasteiger partial charge in [-0.3, -0.25) is 0 Å². The second-order valence-electron chi connectivity index (χ2n) is 1.45. The van der Waals surface area contributed by atoms with Gasteiger partial charge in [-0.05, 0) is 32.6 Å². The Morgan fingerprint density at radius 3 is 2.86 bits per heavy atom. The first-order chi connectivity index (χ1) is 3.41. The highest BCUT2D eigenvalue weighted by Crippen LogP contribution is 1.77. The van der Waals surface area contributed by atoms with E-state index in [0.29, 0.717) is 0 Å². The quantitative estimate of drug-likeness (QED) is 0.394. The Morgan fingerprint density at radius 1 is 1.71 bits per heavy atom. The summed E-state index contributed by atoms with van der Waals surface area (Å²) in [6.45, 7) is 1.02. The molecule has 2 N–H and O–H groups in total. The highest BCUT2D eigenvalue weighted by molar-refractivity contribution is 5.52. The van der Waals surface area contributed by atoms with Gasteiger partial charge in [0.05, 0.1) is 0 Å². The van der Waals surface area contributed by atoms with Gasteiger partial charge in [0.1, 0.15) is 0 Å². The Hall–Kier alpha value is -0.370. The minimum atomic E-state index is 0.904. The van der Waals surface area contributed by atoms with Gasteiger partial charge in [-0.2, -0.15) is 0 Å². The Balaban J connectivity index is 2.56. The Bertz CT molecular complexity index is 43.3. The summed E-state index contributed by atoms with van der Waals surface area (Å²) in [5.41, 5.74) is 0. The van der Waals surface area contributed by atoms with Crippen molar-refractivity contribution in [2.45, 2.75) is 12.8 Å². The Morgan fingerprint density at radius 2 is 2.43 bits per heavy atom. The van der Waals surface area contributed by atoms with E-state index in [0.717, 1.165) is 19.4 Å². The molecule has 0 aliphatic rings. The van der Waals surface area contributed by atoms with Crippen LogP contribution in [0.2, 0.25) is 0 Å². The summed E-state index contributed by atoms with van der Waals surface area (Å²) in [6, 6.07) is 0. The molecule has 0 saturated carbocycles. The molecule has 0 aromatic carbocycles. The van der Waals surface area contributed by atoms with Crippen molar-refractivity contribution >= 4 is 6.21 Å². The summed E-state index contributed by atoms with van der Waals surface area (Å²) < 4.78 is 0. The number of hydrogen-bond acceptors (Lipinski definition) is 2. The smallest absolute Gasteiger partial charge is 0.00473 e. The number of hydrogen-bond donors (Lipinski definition) is 2. The Kier molecular flexibility index (Phi) is 5.33. The molecule has 0 unspecified atom stereocenters. The van der Waals surface area contributed by atoms with E-state index < -0.39 is 0 Å². The second-order valence-corrected chi connectivity index (χ2v) is 1.45. The molecule has 0 aromatic heterocycles. The minimum Gasteiger partial charge on any atom is -0.320 e. The van der Waals surface area contributed by atoms with Crippen LogP contribution in [-0.2, 0) is 0 Å². The monoisotopic (exact) mass is 100 g/mol. The lowest BCUT2D eigenvalue weighted by Crippen LogP contribution is -2.06. The van der Waals surface area contributed by atoms with Crippen LogP contribution in [0.4, 0.5) is 0 Å². The van der Waals surface area contributed by atoms with Crippen LogP contribution in [0.15, 0.2) is 0 Å². The fourth-order valence-electron chi connectivity index (χ4n) is 0.381. The molecule has 0 saturated heterocycles. The maximum atomic E-state index is 6.63. The van der Waals surface area contributed by atoms with Crippen molar-refractivity contribution in [3.63, 3.8) is 0 Å². The van der Waals surface area contributed by atoms with E-state index in [1.165, 1.54) is 6.21 Å². The number of nitrogens with one attached hydrogen (secondary N) is 2. The third kappa shape index (κ3) is 5.63. The first-order valence-corrected chi connectivity index (χ1v) is 2.55. The first-order valence-electron chi connectivity index (χ1n) is 2.55. The van der Waals surface area contributed by atoms with Crippen LogP contribution in [0.3, 0.4) is 0 Å². The van der Waals surface area contributed by atoms with E-state index in [9.17, 15) is 0 Å². The van der Waals surface area contributed by atoms with Crippen molar-refractivity contribution in [2.75, 3.05) is 13.6 Å². The average molecular weight is 100 g/mol. The van der Waals surface area contributed by atoms with E-state index in [1.807, 2.05) is 7.05 Å². The predicted molar refractivity (Wildman–Crippen MR) is 31.9 cm³/mol. The van der Waals surface area contributed by atoms with Gasteiger partial charge in [-0.25, -0.2) is 0 Å². The molecule has 0 aliphatic carbocycles. The van der Waals surface area contributed by atoms with Crippen LogP contribution < -0.4 is 5.32 Å². The molecular weight excluding hydrogens is 88.1 g/mol. The zero-order chi connectivity index (χ0) is 5.54. The summed E-state index contributed by atoms with van der Waals surface area (Å²) >= 11 is 0. The molecule has 2 nitrogen and oxygen atoms in total. The molecule has 2 heteroatoms. The third-order valence-electron chi connectivity index (χ3n) is 0.775. The third-order valence-corrected chi connectivity index (χ3v) is 0.775. The fourth-order valence-corrected chi connectivity index (χ4v) is 0.381. The van der Waals surface area contributed by atoms with E-state index in [2.05, 4.69) is 5.32 Å². The molecular formula is C5H12N2. The van der Waals surface area contributed by atoms with Gasteiger partial charge in [-0.15, -0.1) is 0 Å². The van der Waals surface area contributed by atoms with E-state index in [1.54, 1.807) is 0 Å². The Labute approximate surface area is 44.4 Å². The van der Waals surface area contributed by atoms with Crippen molar-refractivity contribution in [1.82, 2.24) is 5.32 Å². The van der Waals surface area contributed by atoms with Gasteiger partial charge in [0.15, 0.2) is 0 Å². The highest BCUT2D eigenvalue weighted by atomic mass is 14.8. The minimum absolute atomic E-state index is 0.904. The molecule has 0 aromatic rings. The summed E-state index contributed by atoms with van der Waals surface area (Å²) in [5.74, 6) is 0.